The number of rotatable bonds is 7. The summed E-state index contributed by atoms with van der Waals surface area (Å²) in [6, 6.07) is 19.2. The van der Waals surface area contributed by atoms with Gasteiger partial charge in [-0.05, 0) is 48.1 Å². The van der Waals surface area contributed by atoms with Crippen molar-refractivity contribution in [2.24, 2.45) is 5.92 Å². The van der Waals surface area contributed by atoms with Crippen LogP contribution in [0.1, 0.15) is 60.7 Å². The lowest BCUT2D eigenvalue weighted by Gasteiger charge is -2.31. The number of halogens is 2. The fourth-order valence-electron chi connectivity index (χ4n) is 4.62. The molecule has 3 aromatic rings. The monoisotopic (exact) mass is 586 g/mol. The second-order valence-electron chi connectivity index (χ2n) is 10.9. The first kappa shape index (κ1) is 29.3. The molecule has 0 spiro atoms. The van der Waals surface area contributed by atoms with E-state index in [1.54, 1.807) is 42.5 Å². The first-order valence-corrected chi connectivity index (χ1v) is 15.2. The first-order chi connectivity index (χ1) is 18.3. The Balaban J connectivity index is 1.43. The van der Waals surface area contributed by atoms with E-state index in [9.17, 15) is 18.0 Å². The molecule has 1 fully saturated rings. The predicted octanol–water partition coefficient (Wildman–Crippen LogP) is 6.70. The van der Waals surface area contributed by atoms with Crippen molar-refractivity contribution in [3.05, 3.63) is 99.0 Å². The lowest BCUT2D eigenvalue weighted by Crippen LogP contribution is -2.44. The van der Waals surface area contributed by atoms with Gasteiger partial charge in [0.25, 0.3) is 0 Å². The highest BCUT2D eigenvalue weighted by molar-refractivity contribution is 7.88. The van der Waals surface area contributed by atoms with Gasteiger partial charge in [-0.2, -0.15) is 0 Å². The standard InChI is InChI=1S/C30H32Cl2N2O4S/c1-30(2,3)23-14-12-20(13-15-23)28(35)21-7-4-9-24(17-21)33-29(36)22-8-6-16-34(18-22)39(37,38)19-25-26(31)10-5-11-27(25)32/h4-5,7,9-15,17,22H,6,8,16,18-19H2,1-3H3,(H,33,36)/t22-/m1/s1. The first-order valence-electron chi connectivity index (χ1n) is 12.8. The normalized spacial score (nSPS) is 16.6. The fraction of sp³-hybridized carbons (Fsp3) is 0.333. The van der Waals surface area contributed by atoms with Crippen LogP contribution in [0.3, 0.4) is 0 Å². The van der Waals surface area contributed by atoms with Crippen molar-refractivity contribution in [2.75, 3.05) is 18.4 Å². The molecule has 0 radical (unpaired) electrons. The van der Waals surface area contributed by atoms with Crippen molar-refractivity contribution in [1.82, 2.24) is 4.31 Å². The van der Waals surface area contributed by atoms with Crippen LogP contribution in [-0.4, -0.2) is 37.5 Å². The molecule has 1 heterocycles. The highest BCUT2D eigenvalue weighted by atomic mass is 35.5. The van der Waals surface area contributed by atoms with E-state index in [2.05, 4.69) is 26.1 Å². The summed E-state index contributed by atoms with van der Waals surface area (Å²) in [6.45, 7) is 6.74. The number of carbonyl (C=O) groups excluding carboxylic acids is 2. The Morgan fingerprint density at radius 1 is 0.949 bits per heavy atom. The molecule has 0 aliphatic carbocycles. The zero-order valence-corrected chi connectivity index (χ0v) is 24.5. The maximum absolute atomic E-state index is 13.2. The maximum atomic E-state index is 13.2. The van der Waals surface area contributed by atoms with Crippen molar-refractivity contribution >= 4 is 50.6 Å². The Bertz CT molecular complexity index is 1460. The van der Waals surface area contributed by atoms with E-state index < -0.39 is 15.9 Å². The Morgan fingerprint density at radius 2 is 1.59 bits per heavy atom. The van der Waals surface area contributed by atoms with Gasteiger partial charge in [-0.3, -0.25) is 9.59 Å². The van der Waals surface area contributed by atoms with Crippen LogP contribution in [0.15, 0.2) is 66.7 Å². The number of benzene rings is 3. The molecule has 0 aromatic heterocycles. The van der Waals surface area contributed by atoms with Crippen molar-refractivity contribution in [1.29, 1.82) is 0 Å². The number of carbonyl (C=O) groups is 2. The largest absolute Gasteiger partial charge is 0.326 e. The van der Waals surface area contributed by atoms with Crippen LogP contribution in [0.4, 0.5) is 5.69 Å². The van der Waals surface area contributed by atoms with Crippen molar-refractivity contribution < 1.29 is 18.0 Å². The van der Waals surface area contributed by atoms with E-state index >= 15 is 0 Å². The minimum Gasteiger partial charge on any atom is -0.326 e. The highest BCUT2D eigenvalue weighted by Gasteiger charge is 2.33. The van der Waals surface area contributed by atoms with Gasteiger partial charge in [0.15, 0.2) is 5.78 Å². The van der Waals surface area contributed by atoms with Crippen LogP contribution in [0.2, 0.25) is 10.0 Å². The highest BCUT2D eigenvalue weighted by Crippen LogP contribution is 2.29. The Kier molecular flexibility index (Phi) is 8.86. The molecule has 1 atom stereocenters. The average Bonchev–Trinajstić information content (AvgIpc) is 2.90. The molecule has 9 heteroatoms. The maximum Gasteiger partial charge on any atom is 0.228 e. The predicted molar refractivity (Wildman–Crippen MR) is 157 cm³/mol. The molecule has 4 rings (SSSR count). The molecule has 0 saturated carbocycles. The zero-order valence-electron chi connectivity index (χ0n) is 22.2. The molecule has 0 unspecified atom stereocenters. The molecule has 6 nitrogen and oxygen atoms in total. The summed E-state index contributed by atoms with van der Waals surface area (Å²) in [4.78, 5) is 26.2. The molecule has 1 aliphatic heterocycles. The van der Waals surface area contributed by atoms with Gasteiger partial charge in [0.1, 0.15) is 0 Å². The molecule has 1 N–H and O–H groups in total. The molecule has 3 aromatic carbocycles. The number of piperidine rings is 1. The lowest BCUT2D eigenvalue weighted by atomic mass is 9.86. The molecule has 206 valence electrons. The zero-order chi connectivity index (χ0) is 28.4. The third kappa shape index (κ3) is 7.09. The molecular weight excluding hydrogens is 555 g/mol. The van der Waals surface area contributed by atoms with Gasteiger partial charge in [-0.1, -0.05) is 86.4 Å². The third-order valence-corrected chi connectivity index (χ3v) is 9.42. The van der Waals surface area contributed by atoms with E-state index in [0.717, 1.165) is 5.56 Å². The van der Waals surface area contributed by atoms with Crippen LogP contribution >= 0.6 is 23.2 Å². The van der Waals surface area contributed by atoms with Crippen LogP contribution in [-0.2, 0) is 26.0 Å². The quantitative estimate of drug-likeness (QED) is 0.312. The Hall–Kier alpha value is -2.71. The van der Waals surface area contributed by atoms with E-state index in [-0.39, 0.29) is 39.4 Å². The SMILES string of the molecule is CC(C)(C)c1ccc(C(=O)c2cccc(NC(=O)[C@@H]3CCCN(S(=O)(=O)Cc4c(Cl)cccc4Cl)C3)c2)cc1. The smallest absolute Gasteiger partial charge is 0.228 e. The van der Waals surface area contributed by atoms with E-state index in [0.29, 0.717) is 41.8 Å². The topological polar surface area (TPSA) is 83.6 Å². The molecule has 0 bridgehead atoms. The third-order valence-electron chi connectivity index (χ3n) is 6.94. The van der Waals surface area contributed by atoms with Crippen LogP contribution in [0, 0.1) is 5.92 Å². The molecule has 1 amide bonds. The molecular formula is C30H32Cl2N2O4S. The number of sulfonamides is 1. The number of hydrogen-bond acceptors (Lipinski definition) is 4. The second kappa shape index (κ2) is 11.8. The molecule has 1 aliphatic rings. The number of ketones is 1. The summed E-state index contributed by atoms with van der Waals surface area (Å²) in [6.07, 6.45) is 1.11. The van der Waals surface area contributed by atoms with Crippen molar-refractivity contribution in [3.63, 3.8) is 0 Å². The minimum atomic E-state index is -3.74. The van der Waals surface area contributed by atoms with E-state index in [1.807, 2.05) is 24.3 Å². The Morgan fingerprint density at radius 3 is 2.23 bits per heavy atom. The Labute approximate surface area is 240 Å². The summed E-state index contributed by atoms with van der Waals surface area (Å²) in [5.41, 5.74) is 2.99. The second-order valence-corrected chi connectivity index (χ2v) is 13.7. The number of nitrogens with one attached hydrogen (secondary N) is 1. The van der Waals surface area contributed by atoms with Crippen LogP contribution < -0.4 is 5.32 Å². The fourth-order valence-corrected chi connectivity index (χ4v) is 6.99. The lowest BCUT2D eigenvalue weighted by molar-refractivity contribution is -0.120. The number of amides is 1. The molecule has 39 heavy (non-hydrogen) atoms. The molecule has 1 saturated heterocycles. The van der Waals surface area contributed by atoms with E-state index in [4.69, 9.17) is 23.2 Å². The van der Waals surface area contributed by atoms with Crippen molar-refractivity contribution in [3.8, 4) is 0 Å². The van der Waals surface area contributed by atoms with Gasteiger partial charge in [-0.15, -0.1) is 0 Å². The number of nitrogens with zero attached hydrogens (tertiary/aromatic N) is 1. The summed E-state index contributed by atoms with van der Waals surface area (Å²) in [5, 5.41) is 3.45. The minimum absolute atomic E-state index is 0.0125. The average molecular weight is 588 g/mol. The van der Waals surface area contributed by atoms with Gasteiger partial charge >= 0.3 is 0 Å². The van der Waals surface area contributed by atoms with Crippen LogP contribution in [0.25, 0.3) is 0 Å². The van der Waals surface area contributed by atoms with Gasteiger partial charge in [-0.25, -0.2) is 12.7 Å². The van der Waals surface area contributed by atoms with Gasteiger partial charge < -0.3 is 5.32 Å². The van der Waals surface area contributed by atoms with Gasteiger partial charge in [0.2, 0.25) is 15.9 Å². The van der Waals surface area contributed by atoms with E-state index in [1.165, 1.54) is 4.31 Å². The van der Waals surface area contributed by atoms with Gasteiger partial charge in [0, 0.05) is 45.5 Å². The summed E-state index contributed by atoms with van der Waals surface area (Å²) < 4.78 is 27.6. The summed E-state index contributed by atoms with van der Waals surface area (Å²) >= 11 is 12.4. The summed E-state index contributed by atoms with van der Waals surface area (Å²) in [5.74, 6) is -1.29. The van der Waals surface area contributed by atoms with Crippen LogP contribution in [0.5, 0.6) is 0 Å². The van der Waals surface area contributed by atoms with Crippen molar-refractivity contribution in [2.45, 2.75) is 44.8 Å². The number of hydrogen-bond donors (Lipinski definition) is 1. The summed E-state index contributed by atoms with van der Waals surface area (Å²) in [7, 11) is -3.74. The van der Waals surface area contributed by atoms with Gasteiger partial charge in [0.05, 0.1) is 11.7 Å². The number of anilines is 1.